The molecular formula is C49H33N3. The first kappa shape index (κ1) is 30.1. The molecule has 1 atom stereocenters. The van der Waals surface area contributed by atoms with Crippen LogP contribution in [-0.2, 0) is 0 Å². The van der Waals surface area contributed by atoms with Gasteiger partial charge in [0.2, 0.25) is 0 Å². The van der Waals surface area contributed by atoms with Crippen LogP contribution in [0.1, 0.15) is 23.5 Å². The Labute approximate surface area is 303 Å². The van der Waals surface area contributed by atoms with Crippen molar-refractivity contribution in [3.63, 3.8) is 0 Å². The molecule has 3 heteroatoms. The maximum Gasteiger partial charge on any atom is 0.164 e. The minimum absolute atomic E-state index is 0.399. The van der Waals surface area contributed by atoms with Gasteiger partial charge in [-0.2, -0.15) is 0 Å². The zero-order valence-electron chi connectivity index (χ0n) is 28.4. The van der Waals surface area contributed by atoms with Crippen LogP contribution < -0.4 is 0 Å². The first-order chi connectivity index (χ1) is 25.8. The fourth-order valence-electron chi connectivity index (χ4n) is 7.97. The largest absolute Gasteiger partial charge is 0.208 e. The fourth-order valence-corrected chi connectivity index (χ4v) is 7.97. The van der Waals surface area contributed by atoms with Gasteiger partial charge < -0.3 is 0 Å². The van der Waals surface area contributed by atoms with Gasteiger partial charge in [-0.1, -0.05) is 170 Å². The van der Waals surface area contributed by atoms with E-state index in [1.54, 1.807) is 0 Å². The molecule has 2 aliphatic rings. The lowest BCUT2D eigenvalue weighted by atomic mass is 9.72. The van der Waals surface area contributed by atoms with Gasteiger partial charge in [0.25, 0.3) is 0 Å². The van der Waals surface area contributed by atoms with E-state index in [4.69, 9.17) is 15.0 Å². The molecule has 1 unspecified atom stereocenters. The predicted octanol–water partition coefficient (Wildman–Crippen LogP) is 12.5. The third-order valence-electron chi connectivity index (χ3n) is 10.5. The lowest BCUT2D eigenvalue weighted by Gasteiger charge is -2.32. The highest BCUT2D eigenvalue weighted by atomic mass is 15.0. The van der Waals surface area contributed by atoms with Gasteiger partial charge in [-0.05, 0) is 73.8 Å². The van der Waals surface area contributed by atoms with Crippen LogP contribution in [0.2, 0.25) is 0 Å². The summed E-state index contributed by atoms with van der Waals surface area (Å²) >= 11 is 0. The van der Waals surface area contributed by atoms with Gasteiger partial charge in [0.1, 0.15) is 0 Å². The van der Waals surface area contributed by atoms with Crippen LogP contribution in [0.5, 0.6) is 0 Å². The summed E-state index contributed by atoms with van der Waals surface area (Å²) in [5.41, 5.74) is 14.4. The summed E-state index contributed by atoms with van der Waals surface area (Å²) in [7, 11) is 0. The van der Waals surface area contributed by atoms with Crippen LogP contribution in [0.25, 0.3) is 83.9 Å². The van der Waals surface area contributed by atoms with Crippen molar-refractivity contribution in [3.8, 4) is 67.5 Å². The SMILES string of the molecule is C1=CCC2C(=C1)c1ccccc1-c1cc(-c3ccc(-c4c(-c5nc(-c6ccccc6)nc(-c6ccccc6)n5)ccc5ccccc45)cc3)ccc12. The molecule has 0 spiro atoms. The Morgan fingerprint density at radius 3 is 1.79 bits per heavy atom. The number of aromatic nitrogens is 3. The van der Waals surface area contributed by atoms with Crippen LogP contribution in [0.15, 0.2) is 182 Å². The first-order valence-electron chi connectivity index (χ1n) is 17.9. The summed E-state index contributed by atoms with van der Waals surface area (Å²) in [4.78, 5) is 15.2. The molecule has 0 fully saturated rings. The highest BCUT2D eigenvalue weighted by Gasteiger charge is 2.29. The molecule has 0 radical (unpaired) electrons. The molecular weight excluding hydrogens is 631 g/mol. The first-order valence-corrected chi connectivity index (χ1v) is 17.9. The van der Waals surface area contributed by atoms with Crippen LogP contribution in [0.4, 0.5) is 0 Å². The summed E-state index contributed by atoms with van der Waals surface area (Å²) in [6.07, 6.45) is 7.83. The molecule has 8 aromatic rings. The summed E-state index contributed by atoms with van der Waals surface area (Å²) < 4.78 is 0. The van der Waals surface area contributed by atoms with Crippen molar-refractivity contribution in [1.29, 1.82) is 0 Å². The van der Waals surface area contributed by atoms with Crippen LogP contribution in [0.3, 0.4) is 0 Å². The number of nitrogens with zero attached hydrogens (tertiary/aromatic N) is 3. The zero-order chi connectivity index (χ0) is 34.4. The summed E-state index contributed by atoms with van der Waals surface area (Å²) in [6, 6.07) is 58.1. The molecule has 2 aliphatic carbocycles. The molecule has 0 aliphatic heterocycles. The quantitative estimate of drug-likeness (QED) is 0.184. The lowest BCUT2D eigenvalue weighted by Crippen LogP contribution is -2.11. The molecule has 10 rings (SSSR count). The monoisotopic (exact) mass is 663 g/mol. The summed E-state index contributed by atoms with van der Waals surface area (Å²) in [5, 5.41) is 2.33. The number of fused-ring (bicyclic) bond motifs is 7. The molecule has 1 heterocycles. The Hall–Kier alpha value is -6.71. The summed E-state index contributed by atoms with van der Waals surface area (Å²) in [6.45, 7) is 0. The minimum Gasteiger partial charge on any atom is -0.208 e. The Morgan fingerprint density at radius 1 is 0.423 bits per heavy atom. The minimum atomic E-state index is 0.399. The van der Waals surface area contributed by atoms with Gasteiger partial charge in [-0.15, -0.1) is 0 Å². The molecule has 0 saturated heterocycles. The smallest absolute Gasteiger partial charge is 0.164 e. The third-order valence-corrected chi connectivity index (χ3v) is 10.5. The van der Waals surface area contributed by atoms with E-state index in [1.165, 1.54) is 44.3 Å². The second-order valence-electron chi connectivity index (χ2n) is 13.5. The van der Waals surface area contributed by atoms with Gasteiger partial charge in [0.05, 0.1) is 0 Å². The lowest BCUT2D eigenvalue weighted by molar-refractivity contribution is 0.868. The van der Waals surface area contributed by atoms with Gasteiger partial charge in [0.15, 0.2) is 17.5 Å². The van der Waals surface area contributed by atoms with Crippen molar-refractivity contribution in [2.45, 2.75) is 12.3 Å². The Kier molecular flexibility index (Phi) is 7.28. The van der Waals surface area contributed by atoms with E-state index in [0.29, 0.717) is 23.4 Å². The number of hydrogen-bond donors (Lipinski definition) is 0. The second-order valence-corrected chi connectivity index (χ2v) is 13.5. The van der Waals surface area contributed by atoms with E-state index in [1.807, 2.05) is 36.4 Å². The Balaban J connectivity index is 1.10. The molecule has 1 aromatic heterocycles. The third kappa shape index (κ3) is 5.18. The normalized spacial score (nSPS) is 14.3. The van der Waals surface area contributed by atoms with Gasteiger partial charge in [0, 0.05) is 28.2 Å². The zero-order valence-corrected chi connectivity index (χ0v) is 28.4. The van der Waals surface area contributed by atoms with E-state index < -0.39 is 0 Å². The second kappa shape index (κ2) is 12.6. The molecule has 0 amide bonds. The van der Waals surface area contributed by atoms with Crippen LogP contribution in [0, 0.1) is 0 Å². The average Bonchev–Trinajstić information content (AvgIpc) is 3.24. The van der Waals surface area contributed by atoms with E-state index >= 15 is 0 Å². The molecule has 0 N–H and O–H groups in total. The number of hydrogen-bond acceptors (Lipinski definition) is 3. The topological polar surface area (TPSA) is 38.7 Å². The Bertz CT molecular complexity index is 2630. The van der Waals surface area contributed by atoms with Crippen molar-refractivity contribution in [1.82, 2.24) is 15.0 Å². The average molecular weight is 664 g/mol. The number of rotatable bonds is 5. The molecule has 3 nitrogen and oxygen atoms in total. The predicted molar refractivity (Wildman–Crippen MR) is 214 cm³/mol. The van der Waals surface area contributed by atoms with Crippen molar-refractivity contribution in [2.75, 3.05) is 0 Å². The van der Waals surface area contributed by atoms with Crippen molar-refractivity contribution in [2.24, 2.45) is 0 Å². The Morgan fingerprint density at radius 2 is 1.04 bits per heavy atom. The van der Waals surface area contributed by atoms with Gasteiger partial charge >= 0.3 is 0 Å². The maximum atomic E-state index is 5.12. The van der Waals surface area contributed by atoms with Crippen molar-refractivity contribution in [3.05, 3.63) is 193 Å². The highest BCUT2D eigenvalue weighted by molar-refractivity contribution is 6.04. The van der Waals surface area contributed by atoms with E-state index in [-0.39, 0.29) is 0 Å². The van der Waals surface area contributed by atoms with Gasteiger partial charge in [-0.3, -0.25) is 0 Å². The maximum absolute atomic E-state index is 5.12. The number of benzene rings is 7. The van der Waals surface area contributed by atoms with Crippen molar-refractivity contribution < 1.29 is 0 Å². The fraction of sp³-hybridized carbons (Fsp3) is 0.0408. The van der Waals surface area contributed by atoms with E-state index in [2.05, 4.69) is 146 Å². The molecule has 244 valence electrons. The number of allylic oxidation sites excluding steroid dienone is 4. The standard InChI is InChI=1S/C49H33N3/c1-3-14-35(15-4-1)47-50-48(36-16-5-2-6-17-36)52-49(51-47)44-30-27-33-13-7-8-18-38(33)46(44)34-25-23-32(24-26-34)37-28-29-43-41-21-10-9-19-39(41)40-20-11-12-22-42(40)45(43)31-37/h1-20,22-31,41H,21H2. The van der Waals surface area contributed by atoms with E-state index in [0.717, 1.165) is 39.6 Å². The van der Waals surface area contributed by atoms with E-state index in [9.17, 15) is 0 Å². The molecule has 0 bridgehead atoms. The van der Waals surface area contributed by atoms with Gasteiger partial charge in [-0.25, -0.2) is 15.0 Å². The molecule has 7 aromatic carbocycles. The van der Waals surface area contributed by atoms with Crippen molar-refractivity contribution >= 4 is 16.3 Å². The van der Waals surface area contributed by atoms with Crippen LogP contribution in [-0.4, -0.2) is 15.0 Å². The van der Waals surface area contributed by atoms with Crippen LogP contribution >= 0.6 is 0 Å². The molecule has 0 saturated carbocycles. The highest BCUT2D eigenvalue weighted by Crippen LogP contribution is 2.50. The molecule has 52 heavy (non-hydrogen) atoms. The summed E-state index contributed by atoms with van der Waals surface area (Å²) in [5.74, 6) is 2.35.